The molecular formula is C9H9N3S. The highest BCUT2D eigenvalue weighted by molar-refractivity contribution is 7.80. The van der Waals surface area contributed by atoms with Crippen molar-refractivity contribution in [2.45, 2.75) is 6.92 Å². The first-order valence-electron chi connectivity index (χ1n) is 3.70. The highest BCUT2D eigenvalue weighted by Crippen LogP contribution is 2.15. The molecule has 0 saturated carbocycles. The van der Waals surface area contributed by atoms with E-state index in [4.69, 9.17) is 23.2 Å². The fourth-order valence-electron chi connectivity index (χ4n) is 1.01. The lowest BCUT2D eigenvalue weighted by Crippen LogP contribution is -2.19. The van der Waals surface area contributed by atoms with Crippen molar-refractivity contribution in [3.8, 4) is 6.07 Å². The van der Waals surface area contributed by atoms with Crippen LogP contribution in [-0.2, 0) is 0 Å². The number of nitriles is 1. The van der Waals surface area contributed by atoms with Gasteiger partial charge < -0.3 is 11.1 Å². The molecule has 4 heteroatoms. The lowest BCUT2D eigenvalue weighted by molar-refractivity contribution is 1.41. The molecule has 0 radical (unpaired) electrons. The van der Waals surface area contributed by atoms with Crippen LogP contribution < -0.4 is 11.1 Å². The normalized spacial score (nSPS) is 8.92. The van der Waals surface area contributed by atoms with Crippen molar-refractivity contribution < 1.29 is 0 Å². The first-order valence-corrected chi connectivity index (χ1v) is 4.11. The Morgan fingerprint density at radius 1 is 1.62 bits per heavy atom. The van der Waals surface area contributed by atoms with E-state index < -0.39 is 0 Å². The van der Waals surface area contributed by atoms with E-state index in [1.54, 1.807) is 18.2 Å². The lowest BCUT2D eigenvalue weighted by Gasteiger charge is -2.06. The number of hydrogen-bond donors (Lipinski definition) is 2. The summed E-state index contributed by atoms with van der Waals surface area (Å²) in [4.78, 5) is 0. The van der Waals surface area contributed by atoms with Crippen LogP contribution in [0.3, 0.4) is 0 Å². The Hall–Kier alpha value is -1.60. The van der Waals surface area contributed by atoms with Gasteiger partial charge in [-0.25, -0.2) is 0 Å². The smallest absolute Gasteiger partial charge is 0.168 e. The van der Waals surface area contributed by atoms with Gasteiger partial charge in [0.15, 0.2) is 5.11 Å². The maximum Gasteiger partial charge on any atom is 0.168 e. The van der Waals surface area contributed by atoms with Crippen molar-refractivity contribution in [2.75, 3.05) is 5.32 Å². The van der Waals surface area contributed by atoms with Gasteiger partial charge in [-0.1, -0.05) is 0 Å². The van der Waals surface area contributed by atoms with Gasteiger partial charge in [-0.2, -0.15) is 5.26 Å². The third kappa shape index (κ3) is 2.42. The van der Waals surface area contributed by atoms with Gasteiger partial charge in [0.2, 0.25) is 0 Å². The van der Waals surface area contributed by atoms with E-state index >= 15 is 0 Å². The van der Waals surface area contributed by atoms with Gasteiger partial charge >= 0.3 is 0 Å². The van der Waals surface area contributed by atoms with E-state index in [0.29, 0.717) is 5.56 Å². The van der Waals surface area contributed by atoms with Crippen molar-refractivity contribution in [2.24, 2.45) is 5.73 Å². The van der Waals surface area contributed by atoms with Crippen LogP contribution in [0.4, 0.5) is 5.69 Å². The van der Waals surface area contributed by atoms with Gasteiger partial charge in [0.05, 0.1) is 11.6 Å². The topological polar surface area (TPSA) is 61.8 Å². The van der Waals surface area contributed by atoms with Gasteiger partial charge in [-0.05, 0) is 42.9 Å². The molecule has 1 aromatic carbocycles. The minimum absolute atomic E-state index is 0.229. The molecule has 0 heterocycles. The minimum atomic E-state index is 0.229. The summed E-state index contributed by atoms with van der Waals surface area (Å²) in [6.45, 7) is 1.89. The third-order valence-corrected chi connectivity index (χ3v) is 1.72. The molecule has 0 atom stereocenters. The summed E-state index contributed by atoms with van der Waals surface area (Å²) in [6.07, 6.45) is 0. The molecule has 0 saturated heterocycles. The van der Waals surface area contributed by atoms with Gasteiger partial charge in [-0.3, -0.25) is 0 Å². The summed E-state index contributed by atoms with van der Waals surface area (Å²) in [6, 6.07) is 7.34. The predicted octanol–water partition coefficient (Wildman–Crippen LogP) is 1.52. The van der Waals surface area contributed by atoms with Crippen LogP contribution in [0.1, 0.15) is 11.1 Å². The molecule has 1 rings (SSSR count). The van der Waals surface area contributed by atoms with Crippen LogP contribution in [0.2, 0.25) is 0 Å². The summed E-state index contributed by atoms with van der Waals surface area (Å²) in [5.74, 6) is 0. The van der Waals surface area contributed by atoms with Crippen LogP contribution in [0.25, 0.3) is 0 Å². The quantitative estimate of drug-likeness (QED) is 0.661. The first-order chi connectivity index (χ1) is 6.13. The molecule has 0 amide bonds. The largest absolute Gasteiger partial charge is 0.376 e. The van der Waals surface area contributed by atoms with Crippen LogP contribution >= 0.6 is 12.2 Å². The zero-order chi connectivity index (χ0) is 9.84. The van der Waals surface area contributed by atoms with Crippen LogP contribution in [-0.4, -0.2) is 5.11 Å². The van der Waals surface area contributed by atoms with Crippen molar-refractivity contribution >= 4 is 23.0 Å². The fourth-order valence-corrected chi connectivity index (χ4v) is 1.12. The predicted molar refractivity (Wildman–Crippen MR) is 56.3 cm³/mol. The fraction of sp³-hybridized carbons (Fsp3) is 0.111. The number of rotatable bonds is 1. The number of benzene rings is 1. The summed E-state index contributed by atoms with van der Waals surface area (Å²) >= 11 is 4.70. The molecule has 66 valence electrons. The first kappa shape index (κ1) is 9.49. The number of thiocarbonyl (C=S) groups is 1. The zero-order valence-electron chi connectivity index (χ0n) is 7.16. The molecule has 3 N–H and O–H groups in total. The van der Waals surface area contributed by atoms with E-state index in [9.17, 15) is 0 Å². The second-order valence-corrected chi connectivity index (χ2v) is 3.07. The zero-order valence-corrected chi connectivity index (χ0v) is 7.98. The summed E-state index contributed by atoms with van der Waals surface area (Å²) < 4.78 is 0. The van der Waals surface area contributed by atoms with Gasteiger partial charge in [-0.15, -0.1) is 0 Å². The summed E-state index contributed by atoms with van der Waals surface area (Å²) in [5, 5.41) is 11.7. The molecule has 0 unspecified atom stereocenters. The standard InChI is InChI=1S/C9H9N3S/c1-6-4-7(5-10)2-3-8(6)12-9(11)13/h2-4H,1H3,(H3,11,12,13). The number of nitrogens with one attached hydrogen (secondary N) is 1. The Morgan fingerprint density at radius 2 is 2.31 bits per heavy atom. The second kappa shape index (κ2) is 3.87. The SMILES string of the molecule is Cc1cc(C#N)ccc1NC(N)=S. The van der Waals surface area contributed by atoms with Gasteiger partial charge in [0, 0.05) is 5.69 Å². The Bertz CT molecular complexity index is 379. The van der Waals surface area contributed by atoms with Crippen LogP contribution in [0.5, 0.6) is 0 Å². The lowest BCUT2D eigenvalue weighted by atomic mass is 10.1. The highest BCUT2D eigenvalue weighted by atomic mass is 32.1. The molecule has 0 fully saturated rings. The Balaban J connectivity index is 3.00. The van der Waals surface area contributed by atoms with E-state index in [2.05, 4.69) is 11.4 Å². The molecule has 0 aliphatic rings. The molecular weight excluding hydrogens is 182 g/mol. The highest BCUT2D eigenvalue weighted by Gasteiger charge is 1.99. The molecule has 0 aliphatic carbocycles. The molecule has 0 bridgehead atoms. The Labute approximate surface area is 82.2 Å². The van der Waals surface area contributed by atoms with Crippen molar-refractivity contribution in [1.29, 1.82) is 5.26 Å². The molecule has 13 heavy (non-hydrogen) atoms. The molecule has 3 nitrogen and oxygen atoms in total. The maximum atomic E-state index is 8.61. The van der Waals surface area contributed by atoms with E-state index in [1.807, 2.05) is 6.92 Å². The van der Waals surface area contributed by atoms with E-state index in [1.165, 1.54) is 0 Å². The average molecular weight is 191 g/mol. The van der Waals surface area contributed by atoms with Gasteiger partial charge in [0.25, 0.3) is 0 Å². The number of nitrogens with two attached hydrogens (primary N) is 1. The van der Waals surface area contributed by atoms with E-state index in [0.717, 1.165) is 11.3 Å². The summed E-state index contributed by atoms with van der Waals surface area (Å²) in [5.41, 5.74) is 7.74. The molecule has 0 aliphatic heterocycles. The Kier molecular flexibility index (Phi) is 2.83. The van der Waals surface area contributed by atoms with Crippen molar-refractivity contribution in [3.05, 3.63) is 29.3 Å². The second-order valence-electron chi connectivity index (χ2n) is 2.63. The number of aryl methyl sites for hydroxylation is 1. The maximum absolute atomic E-state index is 8.61. The number of anilines is 1. The van der Waals surface area contributed by atoms with Crippen molar-refractivity contribution in [1.82, 2.24) is 0 Å². The summed E-state index contributed by atoms with van der Waals surface area (Å²) in [7, 11) is 0. The average Bonchev–Trinajstić information content (AvgIpc) is 2.08. The van der Waals surface area contributed by atoms with Crippen LogP contribution in [0, 0.1) is 18.3 Å². The Morgan fingerprint density at radius 3 is 2.77 bits per heavy atom. The molecule has 0 aromatic heterocycles. The molecule has 1 aromatic rings. The third-order valence-electron chi connectivity index (χ3n) is 1.61. The number of nitrogens with zero attached hydrogens (tertiary/aromatic N) is 1. The monoisotopic (exact) mass is 191 g/mol. The minimum Gasteiger partial charge on any atom is -0.376 e. The van der Waals surface area contributed by atoms with Gasteiger partial charge in [0.1, 0.15) is 0 Å². The van der Waals surface area contributed by atoms with Crippen molar-refractivity contribution in [3.63, 3.8) is 0 Å². The number of hydrogen-bond acceptors (Lipinski definition) is 2. The molecule has 0 spiro atoms. The van der Waals surface area contributed by atoms with E-state index in [-0.39, 0.29) is 5.11 Å². The van der Waals surface area contributed by atoms with Crippen LogP contribution in [0.15, 0.2) is 18.2 Å².